The monoisotopic (exact) mass is 341 g/mol. The lowest BCUT2D eigenvalue weighted by Crippen LogP contribution is -2.56. The predicted molar refractivity (Wildman–Crippen MR) is 91.9 cm³/mol. The topological polar surface area (TPSA) is 70.7 Å². The first-order chi connectivity index (χ1) is 10.5. The van der Waals surface area contributed by atoms with E-state index in [4.69, 9.17) is 4.74 Å². The number of likely N-dealkylation sites (N-methyl/N-ethyl adjacent to an activating group) is 1. The average Bonchev–Trinajstić information content (AvgIpc) is 2.49. The number of aryl methyl sites for hydroxylation is 1. The average molecular weight is 342 g/mol. The van der Waals surface area contributed by atoms with Crippen LogP contribution < -0.4 is 10.6 Å². The zero-order valence-electron chi connectivity index (χ0n) is 13.7. The fraction of sp³-hybridized carbons (Fsp3) is 0.500. The molecule has 1 aromatic rings. The highest BCUT2D eigenvalue weighted by Gasteiger charge is 2.31. The van der Waals surface area contributed by atoms with E-state index in [0.29, 0.717) is 13.2 Å². The summed E-state index contributed by atoms with van der Waals surface area (Å²) in [4.78, 5) is 25.8. The summed E-state index contributed by atoms with van der Waals surface area (Å²) in [5.74, 6) is -0.352. The van der Waals surface area contributed by atoms with Gasteiger partial charge in [0, 0.05) is 19.3 Å². The fourth-order valence-electron chi connectivity index (χ4n) is 2.38. The second-order valence-corrected chi connectivity index (χ2v) is 5.62. The van der Waals surface area contributed by atoms with Crippen LogP contribution >= 0.6 is 12.4 Å². The summed E-state index contributed by atoms with van der Waals surface area (Å²) in [6.07, 6.45) is -0.191. The first-order valence-electron chi connectivity index (χ1n) is 7.44. The van der Waals surface area contributed by atoms with Crippen molar-refractivity contribution in [2.45, 2.75) is 26.0 Å². The summed E-state index contributed by atoms with van der Waals surface area (Å²) in [5.41, 5.74) is 1.85. The summed E-state index contributed by atoms with van der Waals surface area (Å²) in [7, 11) is 1.63. The molecule has 2 atom stereocenters. The molecule has 2 amide bonds. The lowest BCUT2D eigenvalue weighted by Gasteiger charge is -2.32. The Kier molecular flexibility index (Phi) is 7.48. The van der Waals surface area contributed by atoms with Crippen LogP contribution in [-0.4, -0.2) is 55.6 Å². The summed E-state index contributed by atoms with van der Waals surface area (Å²) < 4.78 is 5.46. The Bertz CT molecular complexity index is 536. The minimum absolute atomic E-state index is 0. The maximum atomic E-state index is 12.3. The standard InChI is InChI=1S/C16H23N3O3.ClH/c1-11-4-6-13(7-5-11)18-14(20)10-19(3)16(21)15-12(2)22-9-8-17-15;/h4-7,12,15,17H,8-10H2,1-3H3,(H,18,20);1H/t12-,15+;/m1./s1. The number of amides is 2. The van der Waals surface area contributed by atoms with Crippen LogP contribution in [0.5, 0.6) is 0 Å². The molecule has 0 aliphatic carbocycles. The number of benzene rings is 1. The van der Waals surface area contributed by atoms with Gasteiger partial charge in [-0.2, -0.15) is 0 Å². The second-order valence-electron chi connectivity index (χ2n) is 5.62. The van der Waals surface area contributed by atoms with Gasteiger partial charge in [-0.05, 0) is 26.0 Å². The van der Waals surface area contributed by atoms with Crippen LogP contribution in [0.2, 0.25) is 0 Å². The lowest BCUT2D eigenvalue weighted by atomic mass is 10.1. The molecule has 0 unspecified atom stereocenters. The van der Waals surface area contributed by atoms with Crippen LogP contribution in [0, 0.1) is 6.92 Å². The molecule has 6 nitrogen and oxygen atoms in total. The van der Waals surface area contributed by atoms with Crippen LogP contribution in [0.3, 0.4) is 0 Å². The second kappa shape index (κ2) is 8.86. The molecule has 23 heavy (non-hydrogen) atoms. The molecule has 1 aromatic carbocycles. The molecular formula is C16H24ClN3O3. The van der Waals surface area contributed by atoms with E-state index in [9.17, 15) is 9.59 Å². The quantitative estimate of drug-likeness (QED) is 0.863. The maximum Gasteiger partial charge on any atom is 0.243 e. The number of carbonyl (C=O) groups excluding carboxylic acids is 2. The number of rotatable bonds is 4. The van der Waals surface area contributed by atoms with Gasteiger partial charge in [-0.15, -0.1) is 12.4 Å². The lowest BCUT2D eigenvalue weighted by molar-refractivity contribution is -0.140. The minimum Gasteiger partial charge on any atom is -0.375 e. The van der Waals surface area contributed by atoms with E-state index < -0.39 is 6.04 Å². The SMILES string of the molecule is Cc1ccc(NC(=O)CN(C)C(=O)[C@H]2NCCO[C@@H]2C)cc1.Cl. The number of anilines is 1. The highest BCUT2D eigenvalue weighted by atomic mass is 35.5. The van der Waals surface area contributed by atoms with Gasteiger partial charge in [-0.1, -0.05) is 17.7 Å². The summed E-state index contributed by atoms with van der Waals surface area (Å²) in [5, 5.41) is 5.92. The Balaban J connectivity index is 0.00000264. The van der Waals surface area contributed by atoms with Crippen LogP contribution in [0.1, 0.15) is 12.5 Å². The molecule has 1 heterocycles. The predicted octanol–water partition coefficient (Wildman–Crippen LogP) is 1.19. The smallest absolute Gasteiger partial charge is 0.243 e. The number of halogens is 1. The van der Waals surface area contributed by atoms with Crippen LogP contribution in [0.15, 0.2) is 24.3 Å². The normalized spacial score (nSPS) is 20.3. The van der Waals surface area contributed by atoms with Gasteiger partial charge in [-0.3, -0.25) is 9.59 Å². The molecule has 7 heteroatoms. The molecule has 0 saturated carbocycles. The van der Waals surface area contributed by atoms with E-state index in [1.807, 2.05) is 38.1 Å². The molecule has 0 radical (unpaired) electrons. The van der Waals surface area contributed by atoms with E-state index in [2.05, 4.69) is 10.6 Å². The molecule has 0 spiro atoms. The number of hydrogen-bond acceptors (Lipinski definition) is 4. The molecular weight excluding hydrogens is 318 g/mol. The van der Waals surface area contributed by atoms with E-state index in [1.54, 1.807) is 7.05 Å². The van der Waals surface area contributed by atoms with Crippen molar-refractivity contribution in [2.24, 2.45) is 0 Å². The summed E-state index contributed by atoms with van der Waals surface area (Å²) in [6.45, 7) is 5.09. The van der Waals surface area contributed by atoms with Crippen molar-refractivity contribution in [1.29, 1.82) is 0 Å². The molecule has 1 fully saturated rings. The van der Waals surface area contributed by atoms with Crippen molar-refractivity contribution in [1.82, 2.24) is 10.2 Å². The van der Waals surface area contributed by atoms with E-state index in [1.165, 1.54) is 4.90 Å². The van der Waals surface area contributed by atoms with Gasteiger partial charge in [0.25, 0.3) is 0 Å². The number of nitrogens with zero attached hydrogens (tertiary/aromatic N) is 1. The van der Waals surface area contributed by atoms with Gasteiger partial charge in [-0.25, -0.2) is 0 Å². The number of hydrogen-bond donors (Lipinski definition) is 2. The maximum absolute atomic E-state index is 12.3. The van der Waals surface area contributed by atoms with Crippen molar-refractivity contribution in [3.05, 3.63) is 29.8 Å². The van der Waals surface area contributed by atoms with Crippen LogP contribution in [0.25, 0.3) is 0 Å². The van der Waals surface area contributed by atoms with E-state index in [-0.39, 0.29) is 36.9 Å². The van der Waals surface area contributed by atoms with Crippen LogP contribution in [-0.2, 0) is 14.3 Å². The first kappa shape index (κ1) is 19.4. The molecule has 2 N–H and O–H groups in total. The number of carbonyl (C=O) groups is 2. The Labute approximate surface area is 143 Å². The number of nitrogens with one attached hydrogen (secondary N) is 2. The highest BCUT2D eigenvalue weighted by molar-refractivity contribution is 5.95. The Hall–Kier alpha value is -1.63. The van der Waals surface area contributed by atoms with Gasteiger partial charge in [0.15, 0.2) is 0 Å². The largest absolute Gasteiger partial charge is 0.375 e. The fourth-order valence-corrected chi connectivity index (χ4v) is 2.38. The highest BCUT2D eigenvalue weighted by Crippen LogP contribution is 2.09. The molecule has 2 rings (SSSR count). The Morgan fingerprint density at radius 3 is 2.61 bits per heavy atom. The molecule has 0 aromatic heterocycles. The third-order valence-corrected chi connectivity index (χ3v) is 3.67. The molecule has 1 aliphatic rings. The number of morpholine rings is 1. The van der Waals surface area contributed by atoms with Gasteiger partial charge < -0.3 is 20.3 Å². The van der Waals surface area contributed by atoms with Crippen molar-refractivity contribution in [3.63, 3.8) is 0 Å². The van der Waals surface area contributed by atoms with Crippen molar-refractivity contribution in [3.8, 4) is 0 Å². The van der Waals surface area contributed by atoms with Crippen molar-refractivity contribution in [2.75, 3.05) is 32.1 Å². The summed E-state index contributed by atoms with van der Waals surface area (Å²) >= 11 is 0. The molecule has 1 saturated heterocycles. The van der Waals surface area contributed by atoms with Gasteiger partial charge in [0.2, 0.25) is 11.8 Å². The summed E-state index contributed by atoms with van der Waals surface area (Å²) in [6, 6.07) is 7.14. The molecule has 128 valence electrons. The Morgan fingerprint density at radius 1 is 1.35 bits per heavy atom. The van der Waals surface area contributed by atoms with Gasteiger partial charge in [0.1, 0.15) is 6.04 Å². The van der Waals surface area contributed by atoms with Crippen molar-refractivity contribution >= 4 is 29.9 Å². The Morgan fingerprint density at radius 2 is 2.00 bits per heavy atom. The zero-order valence-corrected chi connectivity index (χ0v) is 14.5. The third kappa shape index (κ3) is 5.49. The van der Waals surface area contributed by atoms with E-state index >= 15 is 0 Å². The molecule has 0 bridgehead atoms. The van der Waals surface area contributed by atoms with Crippen LogP contribution in [0.4, 0.5) is 5.69 Å². The van der Waals surface area contributed by atoms with E-state index in [0.717, 1.165) is 11.3 Å². The first-order valence-corrected chi connectivity index (χ1v) is 7.44. The molecule has 1 aliphatic heterocycles. The van der Waals surface area contributed by atoms with Gasteiger partial charge in [0.05, 0.1) is 19.3 Å². The third-order valence-electron chi connectivity index (χ3n) is 3.67. The van der Waals surface area contributed by atoms with Crippen molar-refractivity contribution < 1.29 is 14.3 Å². The zero-order chi connectivity index (χ0) is 16.1. The minimum atomic E-state index is -0.397. The van der Waals surface area contributed by atoms with Gasteiger partial charge >= 0.3 is 0 Å². The number of ether oxygens (including phenoxy) is 1.